The van der Waals surface area contributed by atoms with Crippen molar-refractivity contribution in [2.24, 2.45) is 0 Å². The number of carbonyl (C=O) groups is 1. The molecule has 2 aliphatic rings. The smallest absolute Gasteiger partial charge is 0.251 e. The number of hydrogen-bond acceptors (Lipinski definition) is 2. The summed E-state index contributed by atoms with van der Waals surface area (Å²) in [5.74, 6) is -0.194. The lowest BCUT2D eigenvalue weighted by atomic mass is 9.68. The van der Waals surface area contributed by atoms with Crippen LogP contribution in [0.15, 0.2) is 72.3 Å². The van der Waals surface area contributed by atoms with E-state index in [4.69, 9.17) is 11.6 Å². The molecule has 0 saturated carbocycles. The van der Waals surface area contributed by atoms with Gasteiger partial charge in [-0.2, -0.15) is 0 Å². The minimum atomic E-state index is -0.388. The Morgan fingerprint density at radius 2 is 1.78 bits per heavy atom. The van der Waals surface area contributed by atoms with Gasteiger partial charge >= 0.3 is 0 Å². The van der Waals surface area contributed by atoms with E-state index in [0.717, 1.165) is 53.4 Å². The molecule has 3 aromatic rings. The zero-order chi connectivity index (χ0) is 22.3. The van der Waals surface area contributed by atoms with E-state index in [9.17, 15) is 9.18 Å². The summed E-state index contributed by atoms with van der Waals surface area (Å²) >= 11 is 6.42. The van der Waals surface area contributed by atoms with Crippen molar-refractivity contribution in [3.05, 3.63) is 94.3 Å². The van der Waals surface area contributed by atoms with E-state index >= 15 is 0 Å². The molecule has 3 aromatic carbocycles. The summed E-state index contributed by atoms with van der Waals surface area (Å²) < 4.78 is 13.6. The van der Waals surface area contributed by atoms with Crippen LogP contribution in [0, 0.1) is 5.82 Å². The monoisotopic (exact) mass is 448 g/mol. The SMILES string of the molecule is C[C@H](c1cc(Cl)cc2ccccc12)N1CC=C(C2(c3ccc(F)cc3)CCNCC2)C1=O. The normalized spacial score (nSPS) is 19.3. The average molecular weight is 449 g/mol. The van der Waals surface area contributed by atoms with Crippen LogP contribution in [0.4, 0.5) is 4.39 Å². The van der Waals surface area contributed by atoms with Gasteiger partial charge in [0.25, 0.3) is 5.91 Å². The van der Waals surface area contributed by atoms with Crippen molar-refractivity contribution >= 4 is 28.3 Å². The van der Waals surface area contributed by atoms with Crippen LogP contribution < -0.4 is 5.32 Å². The van der Waals surface area contributed by atoms with Crippen LogP contribution in [0.25, 0.3) is 10.8 Å². The predicted octanol–water partition coefficient (Wildman–Crippen LogP) is 5.78. The van der Waals surface area contributed by atoms with E-state index in [0.29, 0.717) is 11.6 Å². The molecule has 0 bridgehead atoms. The topological polar surface area (TPSA) is 32.3 Å². The number of piperidine rings is 1. The maximum Gasteiger partial charge on any atom is 0.251 e. The Labute approximate surface area is 192 Å². The molecule has 3 nitrogen and oxygen atoms in total. The number of benzene rings is 3. The van der Waals surface area contributed by atoms with Crippen molar-refractivity contribution in [2.75, 3.05) is 19.6 Å². The molecule has 2 heterocycles. The first-order valence-electron chi connectivity index (χ1n) is 11.2. The first-order chi connectivity index (χ1) is 15.5. The van der Waals surface area contributed by atoms with Crippen LogP contribution in [0.3, 0.4) is 0 Å². The molecule has 0 aromatic heterocycles. The number of nitrogens with one attached hydrogen (secondary N) is 1. The number of fused-ring (bicyclic) bond motifs is 1. The molecule has 1 saturated heterocycles. The standard InChI is InChI=1S/C27H26ClFN2O/c1-18(24-17-21(28)16-19-4-2-3-5-23(19)24)31-15-10-25(26(31)32)27(11-13-30-14-12-27)20-6-8-22(29)9-7-20/h2-10,16-18,30H,11-15H2,1H3/t18-/m1/s1. The lowest BCUT2D eigenvalue weighted by molar-refractivity contribution is -0.128. The Kier molecular flexibility index (Phi) is 5.52. The van der Waals surface area contributed by atoms with Crippen LogP contribution in [-0.2, 0) is 10.2 Å². The third-order valence-corrected chi connectivity index (χ3v) is 7.35. The van der Waals surface area contributed by atoms with E-state index in [-0.39, 0.29) is 23.2 Å². The van der Waals surface area contributed by atoms with Crippen LogP contribution in [0.5, 0.6) is 0 Å². The lowest BCUT2D eigenvalue weighted by Gasteiger charge is -2.39. The van der Waals surface area contributed by atoms with E-state index in [1.54, 1.807) is 0 Å². The van der Waals surface area contributed by atoms with Gasteiger partial charge in [0.15, 0.2) is 0 Å². The Morgan fingerprint density at radius 1 is 1.06 bits per heavy atom. The second-order valence-corrected chi connectivity index (χ2v) is 9.24. The van der Waals surface area contributed by atoms with Crippen LogP contribution in [0.2, 0.25) is 5.02 Å². The Morgan fingerprint density at radius 3 is 2.53 bits per heavy atom. The van der Waals surface area contributed by atoms with Gasteiger partial charge in [0.1, 0.15) is 5.82 Å². The van der Waals surface area contributed by atoms with Crippen molar-refractivity contribution < 1.29 is 9.18 Å². The zero-order valence-electron chi connectivity index (χ0n) is 18.1. The molecular weight excluding hydrogens is 423 g/mol. The summed E-state index contributed by atoms with van der Waals surface area (Å²) in [5.41, 5.74) is 2.52. The number of amides is 1. The molecule has 1 fully saturated rings. The molecule has 5 rings (SSSR count). The fourth-order valence-electron chi connectivity index (χ4n) is 5.40. The molecule has 1 atom stereocenters. The van der Waals surface area contributed by atoms with Gasteiger partial charge in [-0.3, -0.25) is 4.79 Å². The Balaban J connectivity index is 1.51. The summed E-state index contributed by atoms with van der Waals surface area (Å²) in [5, 5.41) is 6.26. The first-order valence-corrected chi connectivity index (χ1v) is 11.5. The third kappa shape index (κ3) is 3.52. The number of halogens is 2. The number of rotatable bonds is 4. The van der Waals surface area contributed by atoms with Gasteiger partial charge in [0, 0.05) is 22.6 Å². The highest BCUT2D eigenvalue weighted by atomic mass is 35.5. The number of nitrogens with zero attached hydrogens (tertiary/aromatic N) is 1. The molecule has 32 heavy (non-hydrogen) atoms. The molecule has 0 unspecified atom stereocenters. The third-order valence-electron chi connectivity index (χ3n) is 7.13. The van der Waals surface area contributed by atoms with Crippen LogP contribution >= 0.6 is 11.6 Å². The Bertz CT molecular complexity index is 1200. The number of carbonyl (C=O) groups excluding carboxylic acids is 1. The Hall–Kier alpha value is -2.69. The highest BCUT2D eigenvalue weighted by molar-refractivity contribution is 6.31. The van der Waals surface area contributed by atoms with Gasteiger partial charge in [-0.05, 0) is 79.0 Å². The van der Waals surface area contributed by atoms with Gasteiger partial charge in [-0.1, -0.05) is 54.1 Å². The fourth-order valence-corrected chi connectivity index (χ4v) is 5.64. The molecule has 2 aliphatic heterocycles. The molecule has 0 spiro atoms. The minimum Gasteiger partial charge on any atom is -0.328 e. The summed E-state index contributed by atoms with van der Waals surface area (Å²) in [6.45, 7) is 4.29. The zero-order valence-corrected chi connectivity index (χ0v) is 18.8. The van der Waals surface area contributed by atoms with Gasteiger partial charge < -0.3 is 10.2 Å². The lowest BCUT2D eigenvalue weighted by Crippen LogP contribution is -2.44. The van der Waals surface area contributed by atoms with E-state index in [1.165, 1.54) is 12.1 Å². The quantitative estimate of drug-likeness (QED) is 0.548. The minimum absolute atomic E-state index is 0.0628. The highest BCUT2D eigenvalue weighted by Crippen LogP contribution is 2.44. The predicted molar refractivity (Wildman–Crippen MR) is 127 cm³/mol. The van der Waals surface area contributed by atoms with E-state index < -0.39 is 0 Å². The van der Waals surface area contributed by atoms with Gasteiger partial charge in [0.05, 0.1) is 6.04 Å². The van der Waals surface area contributed by atoms with Crippen molar-refractivity contribution in [3.63, 3.8) is 0 Å². The van der Waals surface area contributed by atoms with Crippen molar-refractivity contribution in [1.29, 1.82) is 0 Å². The second kappa shape index (κ2) is 8.34. The summed E-state index contributed by atoms with van der Waals surface area (Å²) in [6.07, 6.45) is 3.72. The summed E-state index contributed by atoms with van der Waals surface area (Å²) in [6, 6.07) is 18.6. The van der Waals surface area contributed by atoms with Gasteiger partial charge in [-0.15, -0.1) is 0 Å². The summed E-state index contributed by atoms with van der Waals surface area (Å²) in [4.78, 5) is 15.7. The van der Waals surface area contributed by atoms with Crippen LogP contribution in [-0.4, -0.2) is 30.4 Å². The molecule has 0 radical (unpaired) electrons. The van der Waals surface area contributed by atoms with E-state index in [2.05, 4.69) is 24.4 Å². The largest absolute Gasteiger partial charge is 0.328 e. The van der Waals surface area contributed by atoms with E-state index in [1.807, 2.05) is 47.4 Å². The van der Waals surface area contributed by atoms with Gasteiger partial charge in [-0.25, -0.2) is 4.39 Å². The molecule has 0 aliphatic carbocycles. The number of hydrogen-bond donors (Lipinski definition) is 1. The first kappa shape index (κ1) is 21.2. The maximum absolute atomic E-state index is 13.8. The second-order valence-electron chi connectivity index (χ2n) is 8.81. The average Bonchev–Trinajstić information content (AvgIpc) is 3.20. The fraction of sp³-hybridized carbons (Fsp3) is 0.296. The maximum atomic E-state index is 13.8. The van der Waals surface area contributed by atoms with Crippen molar-refractivity contribution in [3.8, 4) is 0 Å². The van der Waals surface area contributed by atoms with Gasteiger partial charge in [0.2, 0.25) is 0 Å². The van der Waals surface area contributed by atoms with Crippen molar-refractivity contribution in [2.45, 2.75) is 31.2 Å². The molecule has 1 N–H and O–H groups in total. The molecule has 1 amide bonds. The van der Waals surface area contributed by atoms with Crippen LogP contribution in [0.1, 0.15) is 36.9 Å². The summed E-state index contributed by atoms with van der Waals surface area (Å²) in [7, 11) is 0. The van der Waals surface area contributed by atoms with Crippen molar-refractivity contribution in [1.82, 2.24) is 10.2 Å². The molecule has 5 heteroatoms. The molecular formula is C27H26ClFN2O. The highest BCUT2D eigenvalue weighted by Gasteiger charge is 2.45. The molecule has 164 valence electrons.